The number of methoxy groups -OCH3 is 1. The van der Waals surface area contributed by atoms with E-state index in [1.165, 1.54) is 7.11 Å². The zero-order valence-corrected chi connectivity index (χ0v) is 40.1. The van der Waals surface area contributed by atoms with Crippen molar-refractivity contribution in [1.29, 1.82) is 0 Å². The maximum absolute atomic E-state index is 15.2. The van der Waals surface area contributed by atoms with Crippen molar-refractivity contribution in [2.24, 2.45) is 5.41 Å². The highest BCUT2D eigenvalue weighted by Gasteiger charge is 2.43. The normalized spacial score (nSPS) is 15.8. The average Bonchev–Trinajstić information content (AvgIpc) is 3.24. The van der Waals surface area contributed by atoms with Gasteiger partial charge in [-0.05, 0) is 74.8 Å². The molecule has 0 radical (unpaired) electrons. The molecule has 0 aromatic heterocycles. The summed E-state index contributed by atoms with van der Waals surface area (Å²) < 4.78 is 16.1. The third-order valence-electron chi connectivity index (χ3n) is 10.9. The molecule has 11 nitrogen and oxygen atoms in total. The fraction of sp³-hybridized carbons (Fsp3) is 0.462. The Balaban J connectivity index is 1.49. The molecule has 4 aromatic carbocycles. The highest BCUT2D eigenvalue weighted by Crippen LogP contribution is 2.48. The average molecular weight is 893 g/mol. The molecule has 0 spiro atoms. The Hall–Kier alpha value is -5.17. The van der Waals surface area contributed by atoms with Crippen molar-refractivity contribution in [3.05, 3.63) is 143 Å². The zero-order valence-electron chi connectivity index (χ0n) is 39.2. The van der Waals surface area contributed by atoms with E-state index in [-0.39, 0.29) is 38.4 Å². The van der Waals surface area contributed by atoms with Crippen LogP contribution in [0, 0.1) is 5.41 Å². The Morgan fingerprint density at radius 1 is 0.688 bits per heavy atom. The van der Waals surface area contributed by atoms with Crippen LogP contribution in [0.15, 0.2) is 115 Å². The highest BCUT2D eigenvalue weighted by molar-refractivity contribution is 8.00. The summed E-state index contributed by atoms with van der Waals surface area (Å²) in [5, 5.41) is 9.65. The topological polar surface area (TPSA) is 135 Å². The Labute approximate surface area is 384 Å². The van der Waals surface area contributed by atoms with Crippen LogP contribution in [-0.2, 0) is 46.3 Å². The Bertz CT molecular complexity index is 2050. The van der Waals surface area contributed by atoms with Crippen LogP contribution in [0.2, 0.25) is 0 Å². The van der Waals surface area contributed by atoms with Gasteiger partial charge in [-0.1, -0.05) is 136 Å². The van der Waals surface area contributed by atoms with E-state index in [2.05, 4.69) is 52.3 Å². The number of ether oxygens (including phenoxy) is 3. The van der Waals surface area contributed by atoms with E-state index in [1.54, 1.807) is 37.4 Å². The number of amides is 3. The van der Waals surface area contributed by atoms with Crippen LogP contribution in [0.25, 0.3) is 0 Å². The molecule has 0 saturated carbocycles. The fourth-order valence-electron chi connectivity index (χ4n) is 7.92. The predicted octanol–water partition coefficient (Wildman–Crippen LogP) is 8.43. The number of carbonyl (C=O) groups excluding carboxylic acids is 4. The number of nitrogens with one attached hydrogen (secondary N) is 3. The van der Waals surface area contributed by atoms with Crippen LogP contribution in [0.4, 0.5) is 4.79 Å². The van der Waals surface area contributed by atoms with Gasteiger partial charge in [-0.2, -0.15) is 0 Å². The number of nitrogens with zero attached hydrogens (tertiary/aromatic N) is 1. The lowest BCUT2D eigenvalue weighted by Crippen LogP contribution is -2.62. The summed E-state index contributed by atoms with van der Waals surface area (Å²) in [7, 11) is 1.53. The molecule has 0 unspecified atom stereocenters. The van der Waals surface area contributed by atoms with Gasteiger partial charge >= 0.3 is 12.1 Å². The smallest absolute Gasteiger partial charge is 0.407 e. The van der Waals surface area contributed by atoms with E-state index in [1.807, 2.05) is 120 Å². The number of alkyl carbamates (subject to hydrolysis) is 1. The minimum atomic E-state index is -0.982. The molecular weight excluding hydrogens is 825 g/mol. The molecule has 12 heteroatoms. The number of hydrogen-bond acceptors (Lipinski definition) is 9. The number of rotatable bonds is 17. The monoisotopic (exact) mass is 892 g/mol. The fourth-order valence-corrected chi connectivity index (χ4v) is 9.48. The first-order chi connectivity index (χ1) is 30.2. The maximum Gasteiger partial charge on any atom is 0.407 e. The molecule has 3 N–H and O–H groups in total. The maximum atomic E-state index is 15.2. The summed E-state index contributed by atoms with van der Waals surface area (Å²) >= 11 is 1.70. The van der Waals surface area contributed by atoms with E-state index in [9.17, 15) is 14.4 Å². The number of esters is 1. The SMILES string of the molecule is COCC[C@H](NC(=O)[C@@H]1Cc2ccccc2CN1C(=O)[C@@H](NC[C@H](CSC(c1ccccc1)(c1ccccc1)c1ccccc1)NC(=O)OC(C)(C)C)C(C)(C)C)C(=O)OC(C)(C)C. The molecule has 1 heterocycles. The van der Waals surface area contributed by atoms with Crippen molar-refractivity contribution in [2.75, 3.05) is 26.0 Å². The second-order valence-electron chi connectivity index (χ2n) is 19.5. The van der Waals surface area contributed by atoms with Gasteiger partial charge in [0, 0.05) is 45.4 Å². The summed E-state index contributed by atoms with van der Waals surface area (Å²) in [5.41, 5.74) is 2.97. The molecular formula is C52H68N4O7S. The molecule has 64 heavy (non-hydrogen) atoms. The molecule has 0 bridgehead atoms. The Kier molecular flexibility index (Phi) is 16.9. The molecule has 1 aliphatic heterocycles. The molecule has 3 amide bonds. The van der Waals surface area contributed by atoms with Gasteiger partial charge in [-0.3, -0.25) is 9.59 Å². The predicted molar refractivity (Wildman–Crippen MR) is 255 cm³/mol. The van der Waals surface area contributed by atoms with Crippen LogP contribution in [0.3, 0.4) is 0 Å². The Morgan fingerprint density at radius 2 is 1.19 bits per heavy atom. The third kappa shape index (κ3) is 13.4. The van der Waals surface area contributed by atoms with Crippen molar-refractivity contribution in [3.8, 4) is 0 Å². The number of carbonyl (C=O) groups is 4. The number of benzene rings is 4. The lowest BCUT2D eigenvalue weighted by Gasteiger charge is -2.42. The number of hydrogen-bond donors (Lipinski definition) is 3. The van der Waals surface area contributed by atoms with E-state index in [4.69, 9.17) is 14.2 Å². The van der Waals surface area contributed by atoms with Crippen LogP contribution >= 0.6 is 11.8 Å². The summed E-state index contributed by atoms with van der Waals surface area (Å²) in [5.74, 6) is -0.879. The second-order valence-corrected chi connectivity index (χ2v) is 20.7. The van der Waals surface area contributed by atoms with Gasteiger partial charge < -0.3 is 35.1 Å². The quantitative estimate of drug-likeness (QED) is 0.0706. The standard InChI is InChI=1S/C52H68N4O7S/c1-49(2,3)44(46(58)56-34-37-23-21-20-22-36(37)32-43(56)45(57)55-42(30-31-61-10)47(59)62-50(4,5)6)53-33-41(54-48(60)63-51(7,8)9)35-64-52(38-24-14-11-15-25-38,39-26-16-12-17-27-39)40-28-18-13-19-29-40/h11-29,41-44,53H,30-35H2,1-10H3,(H,54,60)(H,55,57)/t41-,42+,43+,44-/m1/s1. The van der Waals surface area contributed by atoms with Gasteiger partial charge in [0.1, 0.15) is 23.3 Å². The van der Waals surface area contributed by atoms with Crippen molar-refractivity contribution in [1.82, 2.24) is 20.9 Å². The molecule has 1 aliphatic rings. The molecule has 344 valence electrons. The van der Waals surface area contributed by atoms with Gasteiger partial charge in [-0.25, -0.2) is 9.59 Å². The van der Waals surface area contributed by atoms with Gasteiger partial charge in [0.2, 0.25) is 11.8 Å². The Morgan fingerprint density at radius 3 is 1.67 bits per heavy atom. The number of thioether (sulfide) groups is 1. The largest absolute Gasteiger partial charge is 0.458 e. The van der Waals surface area contributed by atoms with Gasteiger partial charge in [0.15, 0.2) is 0 Å². The molecule has 0 saturated heterocycles. The molecule has 5 rings (SSSR count). The lowest BCUT2D eigenvalue weighted by atomic mass is 9.84. The molecule has 0 fully saturated rings. The summed E-state index contributed by atoms with van der Waals surface area (Å²) in [6, 6.07) is 35.6. The zero-order chi connectivity index (χ0) is 46.7. The van der Waals surface area contributed by atoms with Gasteiger partial charge in [0.05, 0.1) is 16.8 Å². The molecule has 0 aliphatic carbocycles. The van der Waals surface area contributed by atoms with Crippen LogP contribution in [0.5, 0.6) is 0 Å². The lowest BCUT2D eigenvalue weighted by molar-refractivity contribution is -0.159. The summed E-state index contributed by atoms with van der Waals surface area (Å²) in [6.45, 7) is 17.4. The van der Waals surface area contributed by atoms with E-state index in [0.29, 0.717) is 5.75 Å². The first-order valence-corrected chi connectivity index (χ1v) is 23.1. The van der Waals surface area contributed by atoms with Crippen LogP contribution < -0.4 is 16.0 Å². The second kappa shape index (κ2) is 21.7. The van der Waals surface area contributed by atoms with Crippen molar-refractivity contribution < 1.29 is 33.4 Å². The minimum Gasteiger partial charge on any atom is -0.458 e. The van der Waals surface area contributed by atoms with E-state index >= 15 is 4.79 Å². The van der Waals surface area contributed by atoms with Crippen LogP contribution in [0.1, 0.15) is 96.6 Å². The van der Waals surface area contributed by atoms with Crippen LogP contribution in [-0.4, -0.2) is 90.2 Å². The number of fused-ring (bicyclic) bond motifs is 1. The minimum absolute atomic E-state index is 0.194. The summed E-state index contributed by atoms with van der Waals surface area (Å²) in [4.78, 5) is 58.2. The van der Waals surface area contributed by atoms with Crippen molar-refractivity contribution in [2.45, 2.75) is 122 Å². The van der Waals surface area contributed by atoms with Gasteiger partial charge in [0.25, 0.3) is 0 Å². The third-order valence-corrected chi connectivity index (χ3v) is 12.6. The molecule has 4 aromatic rings. The summed E-state index contributed by atoms with van der Waals surface area (Å²) in [6.07, 6.45) is -0.110. The van der Waals surface area contributed by atoms with E-state index in [0.717, 1.165) is 27.8 Å². The van der Waals surface area contributed by atoms with Crippen molar-refractivity contribution in [3.63, 3.8) is 0 Å². The van der Waals surface area contributed by atoms with Gasteiger partial charge in [-0.15, -0.1) is 11.8 Å². The first-order valence-electron chi connectivity index (χ1n) is 22.1. The van der Waals surface area contributed by atoms with Crippen molar-refractivity contribution >= 4 is 35.6 Å². The molecule has 4 atom stereocenters. The highest BCUT2D eigenvalue weighted by atomic mass is 32.2. The van der Waals surface area contributed by atoms with E-state index < -0.39 is 63.5 Å². The first kappa shape index (κ1) is 49.8.